The van der Waals surface area contributed by atoms with Gasteiger partial charge in [-0.1, -0.05) is 77.5 Å². The molecule has 1 aliphatic rings. The number of benzene rings is 2. The monoisotopic (exact) mass is 438 g/mol. The number of allylic oxidation sites excluding steroid dienone is 2. The summed E-state index contributed by atoms with van der Waals surface area (Å²) < 4.78 is 8.11. The zero-order valence-corrected chi connectivity index (χ0v) is 19.3. The molecule has 0 spiro atoms. The van der Waals surface area contributed by atoms with Crippen molar-refractivity contribution >= 4 is 0 Å². The summed E-state index contributed by atoms with van der Waals surface area (Å²) in [4.78, 5) is 0. The number of hydrogen-bond donors (Lipinski definition) is 1. The minimum absolute atomic E-state index is 0.0715. The molecule has 1 aliphatic carbocycles. The smallest absolute Gasteiger partial charge is 0.183 e. The van der Waals surface area contributed by atoms with Crippen LogP contribution < -0.4 is 0 Å². The van der Waals surface area contributed by atoms with Gasteiger partial charge in [-0.3, -0.25) is 0 Å². The maximum atomic E-state index is 9.44. The Morgan fingerprint density at radius 1 is 1.06 bits per heavy atom. The van der Waals surface area contributed by atoms with Crippen LogP contribution >= 0.6 is 0 Å². The highest BCUT2D eigenvalue weighted by Crippen LogP contribution is 2.39. The molecule has 5 rings (SSSR count). The number of aliphatic hydroxyl groups is 1. The minimum Gasteiger partial charge on any atom is -0.392 e. The number of aryl methyl sites for hydroxylation is 1. The molecule has 0 aliphatic heterocycles. The lowest BCUT2D eigenvalue weighted by Crippen LogP contribution is -2.09. The Balaban J connectivity index is 0.000000821. The largest absolute Gasteiger partial charge is 0.392 e. The fourth-order valence-corrected chi connectivity index (χ4v) is 4.21. The van der Waals surface area contributed by atoms with Gasteiger partial charge in [0, 0.05) is 29.4 Å². The first-order valence-corrected chi connectivity index (χ1v) is 11.3. The van der Waals surface area contributed by atoms with Gasteiger partial charge in [0.25, 0.3) is 0 Å². The highest BCUT2D eigenvalue weighted by molar-refractivity contribution is 5.78. The van der Waals surface area contributed by atoms with Crippen LogP contribution in [0, 0.1) is 0 Å². The van der Waals surface area contributed by atoms with Gasteiger partial charge in [-0.05, 0) is 43.9 Å². The number of aromatic nitrogens is 2. The van der Waals surface area contributed by atoms with Crippen LogP contribution in [0.25, 0.3) is 33.8 Å². The summed E-state index contributed by atoms with van der Waals surface area (Å²) in [7, 11) is 0. The van der Waals surface area contributed by atoms with E-state index in [2.05, 4.69) is 52.7 Å². The second kappa shape index (κ2) is 10.3. The average molecular weight is 439 g/mol. The second-order valence-electron chi connectivity index (χ2n) is 8.22. The molecule has 0 atom stereocenters. The third-order valence-electron chi connectivity index (χ3n) is 5.85. The number of rotatable bonds is 5. The maximum absolute atomic E-state index is 9.44. The van der Waals surface area contributed by atoms with Gasteiger partial charge in [0.2, 0.25) is 0 Å². The van der Waals surface area contributed by atoms with Gasteiger partial charge < -0.3 is 14.2 Å². The van der Waals surface area contributed by atoms with Gasteiger partial charge in [-0.25, -0.2) is 0 Å². The predicted molar refractivity (Wildman–Crippen MR) is 135 cm³/mol. The molecular weight excluding hydrogens is 408 g/mol. The van der Waals surface area contributed by atoms with Crippen LogP contribution in [-0.4, -0.2) is 21.4 Å². The molecule has 1 N–H and O–H groups in total. The van der Waals surface area contributed by atoms with E-state index in [0.29, 0.717) is 6.54 Å². The van der Waals surface area contributed by atoms with E-state index in [4.69, 9.17) is 4.52 Å². The van der Waals surface area contributed by atoms with Crippen LogP contribution in [0.5, 0.6) is 0 Å². The van der Waals surface area contributed by atoms with Crippen LogP contribution in [0.3, 0.4) is 0 Å². The summed E-state index contributed by atoms with van der Waals surface area (Å²) in [6, 6.07) is 22.9. The molecule has 168 valence electrons. The molecule has 0 fully saturated rings. The van der Waals surface area contributed by atoms with E-state index in [9.17, 15) is 5.11 Å². The van der Waals surface area contributed by atoms with Crippen molar-refractivity contribution in [2.45, 2.75) is 33.2 Å². The third-order valence-corrected chi connectivity index (χ3v) is 5.85. The minimum atomic E-state index is 0.0715. The van der Waals surface area contributed by atoms with E-state index in [1.807, 2.05) is 50.2 Å². The summed E-state index contributed by atoms with van der Waals surface area (Å²) in [6.45, 7) is 7.97. The van der Waals surface area contributed by atoms with Crippen LogP contribution in [0.2, 0.25) is 0 Å². The van der Waals surface area contributed by atoms with Crippen LogP contribution in [0.1, 0.15) is 25.1 Å². The van der Waals surface area contributed by atoms with Crippen molar-refractivity contribution < 1.29 is 9.63 Å². The Kier molecular flexibility index (Phi) is 7.06. The molecule has 0 saturated heterocycles. The van der Waals surface area contributed by atoms with E-state index in [1.54, 1.807) is 6.08 Å². The molecule has 0 bridgehead atoms. The van der Waals surface area contributed by atoms with Crippen molar-refractivity contribution in [3.05, 3.63) is 102 Å². The van der Waals surface area contributed by atoms with E-state index in [-0.39, 0.29) is 6.61 Å². The molecule has 4 aromatic rings. The Morgan fingerprint density at radius 2 is 1.79 bits per heavy atom. The lowest BCUT2D eigenvalue weighted by atomic mass is 9.90. The molecule has 0 saturated carbocycles. The SMILES string of the molecule is C/C(=C\Cn1c(-c2cc(-c3ccccc3)no2)cc2c1CCc1ccccc1-2)CO.C=CC. The zero-order valence-electron chi connectivity index (χ0n) is 19.3. The first kappa shape index (κ1) is 22.6. The first-order chi connectivity index (χ1) is 16.2. The van der Waals surface area contributed by atoms with Crippen molar-refractivity contribution in [3.63, 3.8) is 0 Å². The molecule has 2 aromatic carbocycles. The highest BCUT2D eigenvalue weighted by atomic mass is 16.5. The molecule has 0 amide bonds. The Morgan fingerprint density at radius 3 is 2.55 bits per heavy atom. The van der Waals surface area contributed by atoms with Gasteiger partial charge in [0.15, 0.2) is 5.76 Å². The molecule has 4 nitrogen and oxygen atoms in total. The molecule has 2 heterocycles. The van der Waals surface area contributed by atoms with E-state index < -0.39 is 0 Å². The number of aliphatic hydroxyl groups excluding tert-OH is 1. The lowest BCUT2D eigenvalue weighted by molar-refractivity contribution is 0.330. The Bertz CT molecular complexity index is 1260. The van der Waals surface area contributed by atoms with Gasteiger partial charge in [0.05, 0.1) is 12.3 Å². The molecular formula is C29H30N2O2. The summed E-state index contributed by atoms with van der Waals surface area (Å²) in [5, 5.41) is 13.8. The fourth-order valence-electron chi connectivity index (χ4n) is 4.21. The zero-order chi connectivity index (χ0) is 23.2. The highest BCUT2D eigenvalue weighted by Gasteiger charge is 2.24. The van der Waals surface area contributed by atoms with Crippen LogP contribution in [0.15, 0.2) is 95.6 Å². The topological polar surface area (TPSA) is 51.2 Å². The van der Waals surface area contributed by atoms with Crippen molar-refractivity contribution in [2.24, 2.45) is 0 Å². The fraction of sp³-hybridized carbons (Fsp3) is 0.207. The molecule has 4 heteroatoms. The Hall–Kier alpha value is -3.63. The number of nitrogens with zero attached hydrogens (tertiary/aromatic N) is 2. The normalized spacial score (nSPS) is 12.4. The number of hydrogen-bond acceptors (Lipinski definition) is 3. The van der Waals surface area contributed by atoms with Crippen molar-refractivity contribution in [1.82, 2.24) is 9.72 Å². The van der Waals surface area contributed by atoms with E-state index >= 15 is 0 Å². The summed E-state index contributed by atoms with van der Waals surface area (Å²) >= 11 is 0. The average Bonchev–Trinajstić information content (AvgIpc) is 3.48. The van der Waals surface area contributed by atoms with Crippen LogP contribution in [0.4, 0.5) is 0 Å². The summed E-state index contributed by atoms with van der Waals surface area (Å²) in [5.74, 6) is 0.760. The van der Waals surface area contributed by atoms with Gasteiger partial charge in [-0.2, -0.15) is 0 Å². The molecule has 33 heavy (non-hydrogen) atoms. The summed E-state index contributed by atoms with van der Waals surface area (Å²) in [6.07, 6.45) is 5.85. The van der Waals surface area contributed by atoms with E-state index in [0.717, 1.165) is 41.1 Å². The molecule has 2 aromatic heterocycles. The lowest BCUT2D eigenvalue weighted by Gasteiger charge is -2.19. The quantitative estimate of drug-likeness (QED) is 0.353. The summed E-state index contributed by atoms with van der Waals surface area (Å²) in [5.41, 5.74) is 9.11. The maximum Gasteiger partial charge on any atom is 0.183 e. The van der Waals surface area contributed by atoms with Gasteiger partial charge >= 0.3 is 0 Å². The number of fused-ring (bicyclic) bond motifs is 3. The van der Waals surface area contributed by atoms with Crippen molar-refractivity contribution in [3.8, 4) is 33.8 Å². The van der Waals surface area contributed by atoms with Gasteiger partial charge in [0.1, 0.15) is 5.69 Å². The third kappa shape index (κ3) is 4.76. The predicted octanol–water partition coefficient (Wildman–Crippen LogP) is 6.71. The van der Waals surface area contributed by atoms with Crippen LogP contribution in [-0.2, 0) is 19.4 Å². The Labute approximate surface area is 195 Å². The first-order valence-electron chi connectivity index (χ1n) is 11.3. The van der Waals surface area contributed by atoms with Crippen molar-refractivity contribution in [2.75, 3.05) is 6.61 Å². The van der Waals surface area contributed by atoms with Crippen molar-refractivity contribution in [1.29, 1.82) is 0 Å². The van der Waals surface area contributed by atoms with Gasteiger partial charge in [-0.15, -0.1) is 6.58 Å². The molecule has 0 unspecified atom stereocenters. The molecule has 0 radical (unpaired) electrons. The van der Waals surface area contributed by atoms with E-state index in [1.165, 1.54) is 22.4 Å². The standard InChI is InChI=1S/C26H24N2O2.C3H6/c1-18(17-29)13-14-28-24-12-11-19-7-5-6-10-21(19)22(24)15-25(28)26-16-23(27-30-26)20-8-3-2-4-9-20;1-3-2/h2-10,13,15-16,29H,11-12,14,17H2,1H3;3H,1H2,2H3/b18-13+;. The second-order valence-corrected chi connectivity index (χ2v) is 8.22.